The normalized spacial score (nSPS) is 15.2. The second-order valence-electron chi connectivity index (χ2n) is 6.87. The molecule has 0 atom stereocenters. The number of aromatic nitrogens is 3. The molecule has 3 aromatic heterocycles. The number of hydrogen-bond acceptors (Lipinski definition) is 7. The van der Waals surface area contributed by atoms with E-state index >= 15 is 0 Å². The van der Waals surface area contributed by atoms with Crippen LogP contribution in [0.5, 0.6) is 0 Å². The van der Waals surface area contributed by atoms with Crippen molar-refractivity contribution in [1.29, 1.82) is 0 Å². The summed E-state index contributed by atoms with van der Waals surface area (Å²) in [4.78, 5) is 30.3. The Bertz CT molecular complexity index is 920. The van der Waals surface area contributed by atoms with Crippen LogP contribution >= 0.6 is 23.1 Å². The maximum absolute atomic E-state index is 12.7. The first-order chi connectivity index (χ1) is 14.3. The molecule has 0 aromatic carbocycles. The van der Waals surface area contributed by atoms with Crippen LogP contribution in [-0.2, 0) is 11.3 Å². The lowest BCUT2D eigenvalue weighted by Crippen LogP contribution is -2.36. The fourth-order valence-corrected chi connectivity index (χ4v) is 4.70. The van der Waals surface area contributed by atoms with E-state index in [0.717, 1.165) is 50.5 Å². The Hall–Kier alpha value is -2.29. The van der Waals surface area contributed by atoms with Crippen molar-refractivity contribution in [3.63, 3.8) is 0 Å². The van der Waals surface area contributed by atoms with Crippen LogP contribution in [0.2, 0.25) is 0 Å². The summed E-state index contributed by atoms with van der Waals surface area (Å²) in [5.41, 5.74) is 2.94. The molecule has 1 saturated heterocycles. The molecule has 1 amide bonds. The van der Waals surface area contributed by atoms with Crippen molar-refractivity contribution in [1.82, 2.24) is 24.8 Å². The number of pyridine rings is 1. The molecule has 4 rings (SSSR count). The fraction of sp³-hybridized carbons (Fsp3) is 0.333. The molecule has 1 aliphatic rings. The van der Waals surface area contributed by atoms with Crippen molar-refractivity contribution >= 4 is 29.0 Å². The number of carbonyl (C=O) groups excluding carboxylic acids is 1. The average Bonchev–Trinajstić information content (AvgIpc) is 3.17. The summed E-state index contributed by atoms with van der Waals surface area (Å²) < 4.78 is 0. The van der Waals surface area contributed by atoms with Crippen LogP contribution in [0.3, 0.4) is 0 Å². The monoisotopic (exact) mass is 425 g/mol. The molecule has 6 nitrogen and oxygen atoms in total. The maximum atomic E-state index is 12.7. The van der Waals surface area contributed by atoms with E-state index in [2.05, 4.69) is 36.7 Å². The third kappa shape index (κ3) is 5.62. The third-order valence-electron chi connectivity index (χ3n) is 4.81. The van der Waals surface area contributed by atoms with Gasteiger partial charge in [-0.1, -0.05) is 17.8 Å². The molecule has 1 aliphatic heterocycles. The van der Waals surface area contributed by atoms with Crippen molar-refractivity contribution in [3.05, 3.63) is 59.0 Å². The van der Waals surface area contributed by atoms with Crippen molar-refractivity contribution in [2.45, 2.75) is 18.1 Å². The third-order valence-corrected chi connectivity index (χ3v) is 6.39. The number of hydrogen-bond donors (Lipinski definition) is 0. The van der Waals surface area contributed by atoms with Crippen LogP contribution < -0.4 is 0 Å². The van der Waals surface area contributed by atoms with Crippen molar-refractivity contribution in [3.8, 4) is 11.4 Å². The minimum atomic E-state index is 0.152. The highest BCUT2D eigenvalue weighted by atomic mass is 32.2. The molecule has 8 heteroatoms. The van der Waals surface area contributed by atoms with Crippen LogP contribution in [0.15, 0.2) is 58.6 Å². The van der Waals surface area contributed by atoms with Gasteiger partial charge in [0.05, 0.1) is 17.1 Å². The van der Waals surface area contributed by atoms with E-state index in [4.69, 9.17) is 0 Å². The Balaban J connectivity index is 1.29. The van der Waals surface area contributed by atoms with E-state index in [1.54, 1.807) is 23.7 Å². The molecule has 0 bridgehead atoms. The van der Waals surface area contributed by atoms with Gasteiger partial charge in [0.1, 0.15) is 0 Å². The predicted octanol–water partition coefficient (Wildman–Crippen LogP) is 3.43. The lowest BCUT2D eigenvalue weighted by Gasteiger charge is -2.21. The van der Waals surface area contributed by atoms with Crippen LogP contribution in [0.1, 0.15) is 12.0 Å². The Morgan fingerprint density at radius 3 is 2.83 bits per heavy atom. The van der Waals surface area contributed by atoms with Gasteiger partial charge < -0.3 is 4.90 Å². The zero-order valence-corrected chi connectivity index (χ0v) is 17.7. The fourth-order valence-electron chi connectivity index (χ4n) is 3.30. The standard InChI is InChI=1S/C21H23N5OS2/c27-20(26-10-3-9-25(11-12-26)14-17-6-13-28-15-17)16-29-21-23-8-5-19(24-21)18-4-1-2-7-22-18/h1-2,4-8,13,15H,3,9-12,14,16H2. The zero-order valence-electron chi connectivity index (χ0n) is 16.1. The molecule has 3 aromatic rings. The number of thioether (sulfide) groups is 1. The van der Waals surface area contributed by atoms with Gasteiger partial charge in [0.25, 0.3) is 0 Å². The Labute approximate surface area is 179 Å². The number of rotatable bonds is 6. The van der Waals surface area contributed by atoms with Crippen LogP contribution in [0.25, 0.3) is 11.4 Å². The molecule has 0 spiro atoms. The van der Waals surface area contributed by atoms with Crippen LogP contribution in [0.4, 0.5) is 0 Å². The molecule has 29 heavy (non-hydrogen) atoms. The summed E-state index contributed by atoms with van der Waals surface area (Å²) in [6, 6.07) is 9.74. The average molecular weight is 426 g/mol. The highest BCUT2D eigenvalue weighted by Crippen LogP contribution is 2.19. The minimum absolute atomic E-state index is 0.152. The van der Waals surface area contributed by atoms with Crippen molar-refractivity contribution < 1.29 is 4.79 Å². The van der Waals surface area contributed by atoms with E-state index < -0.39 is 0 Å². The summed E-state index contributed by atoms with van der Waals surface area (Å²) >= 11 is 3.12. The lowest BCUT2D eigenvalue weighted by molar-refractivity contribution is -0.128. The van der Waals surface area contributed by atoms with Gasteiger partial charge in [-0.2, -0.15) is 11.3 Å². The largest absolute Gasteiger partial charge is 0.341 e. The number of amides is 1. The van der Waals surface area contributed by atoms with Crippen molar-refractivity contribution in [2.24, 2.45) is 0 Å². The predicted molar refractivity (Wildman–Crippen MR) is 117 cm³/mol. The zero-order chi connectivity index (χ0) is 19.9. The molecular formula is C21H23N5OS2. The first-order valence-electron chi connectivity index (χ1n) is 9.66. The van der Waals surface area contributed by atoms with Crippen molar-refractivity contribution in [2.75, 3.05) is 31.9 Å². The van der Waals surface area contributed by atoms with Gasteiger partial charge in [-0.25, -0.2) is 9.97 Å². The molecule has 0 saturated carbocycles. The lowest BCUT2D eigenvalue weighted by atomic mass is 10.3. The van der Waals surface area contributed by atoms with Gasteiger partial charge >= 0.3 is 0 Å². The minimum Gasteiger partial charge on any atom is -0.341 e. The first-order valence-corrected chi connectivity index (χ1v) is 11.6. The molecule has 1 fully saturated rings. The number of nitrogens with zero attached hydrogens (tertiary/aromatic N) is 5. The van der Waals surface area contributed by atoms with Gasteiger partial charge in [-0.15, -0.1) is 0 Å². The van der Waals surface area contributed by atoms with Crippen LogP contribution in [-0.4, -0.2) is 62.6 Å². The van der Waals surface area contributed by atoms with E-state index in [1.807, 2.05) is 29.2 Å². The Morgan fingerprint density at radius 1 is 1.03 bits per heavy atom. The van der Waals surface area contributed by atoms with Gasteiger partial charge in [-0.05, 0) is 47.0 Å². The van der Waals surface area contributed by atoms with Gasteiger partial charge in [0.2, 0.25) is 5.91 Å². The summed E-state index contributed by atoms with van der Waals surface area (Å²) in [6.07, 6.45) is 4.47. The summed E-state index contributed by atoms with van der Waals surface area (Å²) in [6.45, 7) is 4.50. The Kier molecular flexibility index (Phi) is 6.87. The molecular weight excluding hydrogens is 402 g/mol. The summed E-state index contributed by atoms with van der Waals surface area (Å²) in [7, 11) is 0. The first kappa shape index (κ1) is 20.0. The van der Waals surface area contributed by atoms with E-state index in [0.29, 0.717) is 10.9 Å². The second-order valence-corrected chi connectivity index (χ2v) is 8.59. The quantitative estimate of drug-likeness (QED) is 0.445. The van der Waals surface area contributed by atoms with Gasteiger partial charge in [0, 0.05) is 45.1 Å². The number of thiophene rings is 1. The number of carbonyl (C=O) groups is 1. The summed E-state index contributed by atoms with van der Waals surface area (Å²) in [5, 5.41) is 4.92. The molecule has 0 aliphatic carbocycles. The van der Waals surface area contributed by atoms with Gasteiger partial charge in [-0.3, -0.25) is 14.7 Å². The van der Waals surface area contributed by atoms with E-state index in [9.17, 15) is 4.79 Å². The Morgan fingerprint density at radius 2 is 2.00 bits per heavy atom. The molecule has 0 radical (unpaired) electrons. The molecule has 150 valence electrons. The smallest absolute Gasteiger partial charge is 0.233 e. The summed E-state index contributed by atoms with van der Waals surface area (Å²) in [5.74, 6) is 0.509. The van der Waals surface area contributed by atoms with E-state index in [1.165, 1.54) is 17.3 Å². The SMILES string of the molecule is O=C(CSc1nccc(-c2ccccn2)n1)N1CCCN(Cc2ccsc2)CC1. The van der Waals surface area contributed by atoms with Crippen LogP contribution in [0, 0.1) is 0 Å². The second kappa shape index (κ2) is 9.96. The topological polar surface area (TPSA) is 62.2 Å². The molecule has 0 unspecified atom stereocenters. The van der Waals surface area contributed by atoms with Gasteiger partial charge in [0.15, 0.2) is 5.16 Å². The highest BCUT2D eigenvalue weighted by molar-refractivity contribution is 7.99. The molecule has 4 heterocycles. The van der Waals surface area contributed by atoms with E-state index in [-0.39, 0.29) is 5.91 Å². The maximum Gasteiger partial charge on any atom is 0.233 e. The highest BCUT2D eigenvalue weighted by Gasteiger charge is 2.20. The molecule has 0 N–H and O–H groups in total.